The van der Waals surface area contributed by atoms with E-state index in [1.54, 1.807) is 0 Å². The van der Waals surface area contributed by atoms with Gasteiger partial charge in [0.1, 0.15) is 12.6 Å². The van der Waals surface area contributed by atoms with Crippen LogP contribution in [0.1, 0.15) is 84.5 Å². The van der Waals surface area contributed by atoms with E-state index < -0.39 is 0 Å². The molecule has 2 nitrogen and oxygen atoms in total. The molecular formula is C34H38O2. The first-order valence-electron chi connectivity index (χ1n) is 12.8. The molecular weight excluding hydrogens is 440 g/mol. The smallest absolute Gasteiger partial charge is 0.150 e. The lowest BCUT2D eigenvalue weighted by Crippen LogP contribution is -1.84. The van der Waals surface area contributed by atoms with Gasteiger partial charge in [0.25, 0.3) is 0 Å². The lowest BCUT2D eigenvalue weighted by molar-refractivity contribution is 0.111. The Labute approximate surface area is 217 Å². The van der Waals surface area contributed by atoms with Crippen LogP contribution in [0.2, 0.25) is 0 Å². The average molecular weight is 479 g/mol. The third kappa shape index (κ3) is 8.63. The van der Waals surface area contributed by atoms with Gasteiger partial charge >= 0.3 is 0 Å². The SMILES string of the molecule is CC.CC.CC.O=Cc1ccc(/C=C\c2cccc3cccc(/C=C\c4ccc(C=O)cc4)c23)cc1. The van der Waals surface area contributed by atoms with E-state index in [0.29, 0.717) is 11.1 Å². The van der Waals surface area contributed by atoms with Crippen LogP contribution >= 0.6 is 0 Å². The van der Waals surface area contributed by atoms with Gasteiger partial charge in [0.05, 0.1) is 0 Å². The largest absolute Gasteiger partial charge is 0.298 e. The van der Waals surface area contributed by atoms with Crippen molar-refractivity contribution >= 4 is 47.6 Å². The van der Waals surface area contributed by atoms with Crippen LogP contribution in [-0.2, 0) is 0 Å². The first-order valence-corrected chi connectivity index (χ1v) is 12.8. The van der Waals surface area contributed by atoms with Crippen LogP contribution in [0, 0.1) is 0 Å². The number of carbonyl (C=O) groups excluding carboxylic acids is 2. The van der Waals surface area contributed by atoms with Gasteiger partial charge < -0.3 is 0 Å². The molecule has 186 valence electrons. The highest BCUT2D eigenvalue weighted by Crippen LogP contribution is 2.26. The van der Waals surface area contributed by atoms with Crippen molar-refractivity contribution in [1.82, 2.24) is 0 Å². The van der Waals surface area contributed by atoms with E-state index in [2.05, 4.69) is 60.7 Å². The van der Waals surface area contributed by atoms with E-state index >= 15 is 0 Å². The molecule has 4 aromatic rings. The van der Waals surface area contributed by atoms with Gasteiger partial charge in [-0.1, -0.05) is 151 Å². The Kier molecular flexibility index (Phi) is 14.5. The fourth-order valence-electron chi connectivity index (χ4n) is 3.42. The highest BCUT2D eigenvalue weighted by atomic mass is 16.1. The average Bonchev–Trinajstić information content (AvgIpc) is 2.98. The molecule has 0 bridgehead atoms. The summed E-state index contributed by atoms with van der Waals surface area (Å²) in [7, 11) is 0. The van der Waals surface area contributed by atoms with E-state index in [9.17, 15) is 9.59 Å². The van der Waals surface area contributed by atoms with E-state index in [-0.39, 0.29) is 0 Å². The van der Waals surface area contributed by atoms with Crippen LogP contribution in [0.5, 0.6) is 0 Å². The zero-order valence-electron chi connectivity index (χ0n) is 22.4. The van der Waals surface area contributed by atoms with Crippen molar-refractivity contribution in [2.45, 2.75) is 41.5 Å². The maximum absolute atomic E-state index is 10.8. The molecule has 0 aliphatic heterocycles. The summed E-state index contributed by atoms with van der Waals surface area (Å²) in [5.41, 5.74) is 5.69. The van der Waals surface area contributed by atoms with Gasteiger partial charge in [0, 0.05) is 11.1 Å². The number of hydrogen-bond acceptors (Lipinski definition) is 2. The summed E-state index contributed by atoms with van der Waals surface area (Å²) in [5.74, 6) is 0. The number of aldehydes is 2. The monoisotopic (exact) mass is 478 g/mol. The van der Waals surface area contributed by atoms with Crippen molar-refractivity contribution < 1.29 is 9.59 Å². The Morgan fingerprint density at radius 3 is 1.08 bits per heavy atom. The lowest BCUT2D eigenvalue weighted by atomic mass is 9.97. The highest BCUT2D eigenvalue weighted by molar-refractivity contribution is 6.00. The van der Waals surface area contributed by atoms with Crippen molar-refractivity contribution in [1.29, 1.82) is 0 Å². The Hall–Kier alpha value is -4.04. The summed E-state index contributed by atoms with van der Waals surface area (Å²) in [6.45, 7) is 12.0. The summed E-state index contributed by atoms with van der Waals surface area (Å²) in [4.78, 5) is 21.7. The highest BCUT2D eigenvalue weighted by Gasteiger charge is 2.03. The second-order valence-electron chi connectivity index (χ2n) is 7.03. The van der Waals surface area contributed by atoms with Crippen molar-refractivity contribution in [3.05, 3.63) is 118 Å². The van der Waals surface area contributed by atoms with Crippen LogP contribution in [0.25, 0.3) is 35.1 Å². The number of benzene rings is 4. The van der Waals surface area contributed by atoms with Crippen LogP contribution in [0.4, 0.5) is 0 Å². The summed E-state index contributed by atoms with van der Waals surface area (Å²) >= 11 is 0. The van der Waals surface area contributed by atoms with E-state index in [1.807, 2.05) is 90.1 Å². The van der Waals surface area contributed by atoms with Gasteiger partial charge in [-0.25, -0.2) is 0 Å². The molecule has 0 saturated carbocycles. The van der Waals surface area contributed by atoms with Crippen molar-refractivity contribution in [2.24, 2.45) is 0 Å². The lowest BCUT2D eigenvalue weighted by Gasteiger charge is -2.07. The summed E-state index contributed by atoms with van der Waals surface area (Å²) in [6, 6.07) is 27.6. The maximum atomic E-state index is 10.8. The minimum atomic E-state index is 0.672. The molecule has 36 heavy (non-hydrogen) atoms. The van der Waals surface area contributed by atoms with Gasteiger partial charge in [0.2, 0.25) is 0 Å². The molecule has 4 rings (SSSR count). The zero-order valence-corrected chi connectivity index (χ0v) is 22.4. The maximum Gasteiger partial charge on any atom is 0.150 e. The second-order valence-corrected chi connectivity index (χ2v) is 7.03. The molecule has 0 radical (unpaired) electrons. The molecule has 0 amide bonds. The Morgan fingerprint density at radius 1 is 0.417 bits per heavy atom. The number of rotatable bonds is 6. The second kappa shape index (κ2) is 17.4. The molecule has 0 aliphatic rings. The van der Waals surface area contributed by atoms with Crippen molar-refractivity contribution in [3.8, 4) is 0 Å². The van der Waals surface area contributed by atoms with Crippen LogP contribution in [0.15, 0.2) is 84.9 Å². The molecule has 0 spiro atoms. The van der Waals surface area contributed by atoms with Gasteiger partial charge in [-0.3, -0.25) is 9.59 Å². The normalized spacial score (nSPS) is 9.94. The molecule has 0 aromatic heterocycles. The zero-order chi connectivity index (χ0) is 26.8. The fraction of sp³-hybridized carbons (Fsp3) is 0.176. The molecule has 4 aromatic carbocycles. The van der Waals surface area contributed by atoms with Crippen LogP contribution in [0.3, 0.4) is 0 Å². The molecule has 0 N–H and O–H groups in total. The predicted octanol–water partition coefficient (Wildman–Crippen LogP) is 9.88. The third-order valence-electron chi connectivity index (χ3n) is 5.02. The third-order valence-corrected chi connectivity index (χ3v) is 5.02. The van der Waals surface area contributed by atoms with Gasteiger partial charge in [-0.05, 0) is 33.0 Å². The standard InChI is InChI=1S/C28H20O2.3C2H6/c29-19-23-11-7-21(8-12-23)15-17-26-5-1-3-25-4-2-6-27(28(25)26)18-16-22-9-13-24(20-30)14-10-22;3*1-2/h1-20H;3*1-2H3/b17-15-,18-16-;;;. The molecule has 0 atom stereocenters. The quantitative estimate of drug-likeness (QED) is 0.204. The van der Waals surface area contributed by atoms with Gasteiger partial charge in [0.15, 0.2) is 0 Å². The summed E-state index contributed by atoms with van der Waals surface area (Å²) < 4.78 is 0. The minimum Gasteiger partial charge on any atom is -0.298 e. The van der Waals surface area contributed by atoms with Crippen LogP contribution in [-0.4, -0.2) is 12.6 Å². The minimum absolute atomic E-state index is 0.672. The Morgan fingerprint density at radius 2 is 0.750 bits per heavy atom. The Bertz CT molecular complexity index is 1150. The van der Waals surface area contributed by atoms with Crippen molar-refractivity contribution in [2.75, 3.05) is 0 Å². The summed E-state index contributed by atoms with van der Waals surface area (Å²) in [6.07, 6.45) is 10.0. The topological polar surface area (TPSA) is 34.1 Å². The predicted molar refractivity (Wildman–Crippen MR) is 160 cm³/mol. The Balaban J connectivity index is 0.00000101. The van der Waals surface area contributed by atoms with E-state index in [0.717, 1.165) is 34.8 Å². The molecule has 0 aliphatic carbocycles. The molecule has 0 fully saturated rings. The molecule has 0 saturated heterocycles. The van der Waals surface area contributed by atoms with Gasteiger partial charge in [-0.2, -0.15) is 0 Å². The number of hydrogen-bond donors (Lipinski definition) is 0. The summed E-state index contributed by atoms with van der Waals surface area (Å²) in [5, 5.41) is 2.36. The van der Waals surface area contributed by atoms with E-state index in [1.165, 1.54) is 10.8 Å². The molecule has 0 unspecified atom stereocenters. The van der Waals surface area contributed by atoms with Crippen molar-refractivity contribution in [3.63, 3.8) is 0 Å². The number of fused-ring (bicyclic) bond motifs is 1. The van der Waals surface area contributed by atoms with Crippen LogP contribution < -0.4 is 0 Å². The molecule has 2 heteroatoms. The molecule has 0 heterocycles. The number of carbonyl (C=O) groups is 2. The van der Waals surface area contributed by atoms with Gasteiger partial charge in [-0.15, -0.1) is 0 Å². The first kappa shape index (κ1) is 30.0. The van der Waals surface area contributed by atoms with E-state index in [4.69, 9.17) is 0 Å². The fourth-order valence-corrected chi connectivity index (χ4v) is 3.42. The first-order chi connectivity index (χ1) is 17.8.